The van der Waals surface area contributed by atoms with Crippen LogP contribution in [-0.2, 0) is 6.54 Å². The van der Waals surface area contributed by atoms with Crippen LogP contribution in [0.3, 0.4) is 0 Å². The molecule has 1 aliphatic heterocycles. The Bertz CT molecular complexity index is 942. The SMILES string of the molecule is O=C(O)c1cc(C2CC2)cc(OCC2CCN(Cc3ccc(Br)cc3Cl)CC2)c1F. The van der Waals surface area contributed by atoms with Crippen LogP contribution in [0.15, 0.2) is 34.8 Å². The highest BCUT2D eigenvalue weighted by molar-refractivity contribution is 9.10. The lowest BCUT2D eigenvalue weighted by Gasteiger charge is -2.32. The van der Waals surface area contributed by atoms with Crippen molar-refractivity contribution >= 4 is 33.5 Å². The summed E-state index contributed by atoms with van der Waals surface area (Å²) in [5.41, 5.74) is 1.68. The Morgan fingerprint density at radius 1 is 1.20 bits per heavy atom. The van der Waals surface area contributed by atoms with Crippen LogP contribution in [0.2, 0.25) is 5.02 Å². The van der Waals surface area contributed by atoms with Crippen LogP contribution in [-0.4, -0.2) is 35.7 Å². The first kappa shape index (κ1) is 21.6. The Labute approximate surface area is 189 Å². The van der Waals surface area contributed by atoms with Crippen LogP contribution < -0.4 is 4.74 Å². The first-order valence-electron chi connectivity index (χ1n) is 10.3. The molecule has 4 rings (SSSR count). The smallest absolute Gasteiger partial charge is 0.338 e. The Morgan fingerprint density at radius 3 is 2.57 bits per heavy atom. The van der Waals surface area contributed by atoms with E-state index in [1.165, 1.54) is 6.07 Å². The minimum atomic E-state index is -1.25. The largest absolute Gasteiger partial charge is 0.490 e. The Morgan fingerprint density at radius 2 is 1.93 bits per heavy atom. The number of ether oxygens (including phenoxy) is 1. The fraction of sp³-hybridized carbons (Fsp3) is 0.435. The van der Waals surface area contributed by atoms with Crippen molar-refractivity contribution in [3.05, 3.63) is 62.3 Å². The molecule has 2 fully saturated rings. The summed E-state index contributed by atoms with van der Waals surface area (Å²) in [6.07, 6.45) is 3.93. The maximum atomic E-state index is 14.6. The van der Waals surface area contributed by atoms with Gasteiger partial charge in [-0.3, -0.25) is 4.90 Å². The van der Waals surface area contributed by atoms with E-state index in [1.807, 2.05) is 18.2 Å². The Kier molecular flexibility index (Phi) is 6.66. The molecule has 0 atom stereocenters. The van der Waals surface area contributed by atoms with Crippen molar-refractivity contribution in [1.29, 1.82) is 0 Å². The van der Waals surface area contributed by atoms with E-state index < -0.39 is 11.8 Å². The molecular weight excluding hydrogens is 473 g/mol. The molecule has 1 heterocycles. The molecule has 2 aromatic carbocycles. The highest BCUT2D eigenvalue weighted by Crippen LogP contribution is 2.42. The van der Waals surface area contributed by atoms with E-state index in [4.69, 9.17) is 16.3 Å². The van der Waals surface area contributed by atoms with Crippen LogP contribution in [0.25, 0.3) is 0 Å². The molecule has 4 nitrogen and oxygen atoms in total. The summed E-state index contributed by atoms with van der Waals surface area (Å²) in [4.78, 5) is 13.8. The van der Waals surface area contributed by atoms with Gasteiger partial charge in [0.25, 0.3) is 0 Å². The summed E-state index contributed by atoms with van der Waals surface area (Å²) in [5, 5.41) is 10.1. The molecule has 1 saturated heterocycles. The zero-order valence-corrected chi connectivity index (χ0v) is 18.9. The standard InChI is InChI=1S/C23H24BrClFNO3/c24-18-4-3-16(20(25)11-18)12-27-7-5-14(6-8-27)13-30-21-10-17(15-1-2-15)9-19(22(21)26)23(28)29/h3-4,9-11,14-15H,1-2,5-8,12-13H2,(H,28,29). The van der Waals surface area contributed by atoms with Crippen LogP contribution in [0.4, 0.5) is 4.39 Å². The molecular formula is C23H24BrClFNO3. The van der Waals surface area contributed by atoms with Gasteiger partial charge in [-0.25, -0.2) is 9.18 Å². The van der Waals surface area contributed by atoms with Crippen molar-refractivity contribution in [3.63, 3.8) is 0 Å². The van der Waals surface area contributed by atoms with E-state index in [-0.39, 0.29) is 11.3 Å². The first-order chi connectivity index (χ1) is 14.4. The summed E-state index contributed by atoms with van der Waals surface area (Å²) >= 11 is 9.76. The molecule has 30 heavy (non-hydrogen) atoms. The van der Waals surface area contributed by atoms with E-state index >= 15 is 0 Å². The Balaban J connectivity index is 1.33. The normalized spacial score (nSPS) is 17.8. The number of nitrogens with zero attached hydrogens (tertiary/aromatic N) is 1. The van der Waals surface area contributed by atoms with E-state index in [1.54, 1.807) is 6.07 Å². The minimum Gasteiger partial charge on any atom is -0.490 e. The number of hydrogen-bond donors (Lipinski definition) is 1. The molecule has 7 heteroatoms. The van der Waals surface area contributed by atoms with Gasteiger partial charge in [0.1, 0.15) is 0 Å². The second-order valence-electron chi connectivity index (χ2n) is 8.23. The van der Waals surface area contributed by atoms with Crippen molar-refractivity contribution in [2.75, 3.05) is 19.7 Å². The molecule has 0 radical (unpaired) electrons. The van der Waals surface area contributed by atoms with Crippen molar-refractivity contribution in [3.8, 4) is 5.75 Å². The van der Waals surface area contributed by atoms with E-state index in [0.29, 0.717) is 18.4 Å². The third-order valence-electron chi connectivity index (χ3n) is 5.93. The maximum absolute atomic E-state index is 14.6. The number of carboxylic acids is 1. The van der Waals surface area contributed by atoms with Crippen LogP contribution in [0.5, 0.6) is 5.75 Å². The summed E-state index contributed by atoms with van der Waals surface area (Å²) in [6, 6.07) is 9.08. The fourth-order valence-electron chi connectivity index (χ4n) is 3.94. The molecule has 1 N–H and O–H groups in total. The second kappa shape index (κ2) is 9.25. The van der Waals surface area contributed by atoms with Gasteiger partial charge in [0.05, 0.1) is 12.2 Å². The lowest BCUT2D eigenvalue weighted by atomic mass is 9.97. The van der Waals surface area contributed by atoms with E-state index in [9.17, 15) is 14.3 Å². The quantitative estimate of drug-likeness (QED) is 0.502. The van der Waals surface area contributed by atoms with Gasteiger partial charge < -0.3 is 9.84 Å². The van der Waals surface area contributed by atoms with Crippen molar-refractivity contribution in [2.24, 2.45) is 5.92 Å². The number of hydrogen-bond acceptors (Lipinski definition) is 3. The van der Waals surface area contributed by atoms with Gasteiger partial charge in [-0.1, -0.05) is 33.6 Å². The molecule has 160 valence electrons. The molecule has 0 amide bonds. The zero-order valence-electron chi connectivity index (χ0n) is 16.5. The van der Waals surface area contributed by atoms with Crippen molar-refractivity contribution in [1.82, 2.24) is 4.90 Å². The molecule has 0 spiro atoms. The molecule has 1 aliphatic carbocycles. The van der Waals surface area contributed by atoms with Crippen molar-refractivity contribution < 1.29 is 19.0 Å². The predicted octanol–water partition coefficient (Wildman–Crippen LogP) is 6.11. The number of aromatic carboxylic acids is 1. The van der Waals surface area contributed by atoms with Crippen LogP contribution in [0.1, 0.15) is 53.1 Å². The van der Waals surface area contributed by atoms with Crippen molar-refractivity contribution in [2.45, 2.75) is 38.1 Å². The van der Waals surface area contributed by atoms with E-state index in [0.717, 1.165) is 65.9 Å². The van der Waals surface area contributed by atoms with Gasteiger partial charge in [-0.05, 0) is 86.0 Å². The zero-order chi connectivity index (χ0) is 21.3. The highest BCUT2D eigenvalue weighted by Gasteiger charge is 2.28. The third-order valence-corrected chi connectivity index (χ3v) is 6.78. The fourth-order valence-corrected chi connectivity index (χ4v) is 4.68. The summed E-state index contributed by atoms with van der Waals surface area (Å²) in [7, 11) is 0. The van der Waals surface area contributed by atoms with Gasteiger partial charge in [0.15, 0.2) is 11.6 Å². The summed E-state index contributed by atoms with van der Waals surface area (Å²) < 4.78 is 21.3. The average Bonchev–Trinajstić information content (AvgIpc) is 3.55. The molecule has 0 unspecified atom stereocenters. The molecule has 1 saturated carbocycles. The van der Waals surface area contributed by atoms with Gasteiger partial charge >= 0.3 is 5.97 Å². The number of likely N-dealkylation sites (tertiary alicyclic amines) is 1. The van der Waals surface area contributed by atoms with E-state index in [2.05, 4.69) is 20.8 Å². The molecule has 2 aromatic rings. The number of rotatable bonds is 7. The minimum absolute atomic E-state index is 0.0703. The van der Waals surface area contributed by atoms with Gasteiger partial charge in [0.2, 0.25) is 0 Å². The molecule has 2 aliphatic rings. The Hall–Kier alpha value is -1.63. The van der Waals surface area contributed by atoms with Gasteiger partial charge in [-0.15, -0.1) is 0 Å². The lowest BCUT2D eigenvalue weighted by molar-refractivity contribution is 0.0690. The van der Waals surface area contributed by atoms with Gasteiger partial charge in [0, 0.05) is 16.0 Å². The molecule has 0 bridgehead atoms. The second-order valence-corrected chi connectivity index (χ2v) is 9.55. The number of carboxylic acid groups (broad SMARTS) is 1. The summed E-state index contributed by atoms with van der Waals surface area (Å²) in [6.45, 7) is 3.05. The number of piperidine rings is 1. The van der Waals surface area contributed by atoms with Crippen LogP contribution >= 0.6 is 27.5 Å². The number of carbonyl (C=O) groups is 1. The van der Waals surface area contributed by atoms with Crippen LogP contribution in [0, 0.1) is 11.7 Å². The maximum Gasteiger partial charge on any atom is 0.338 e. The lowest BCUT2D eigenvalue weighted by Crippen LogP contribution is -2.35. The number of benzene rings is 2. The highest BCUT2D eigenvalue weighted by atomic mass is 79.9. The topological polar surface area (TPSA) is 49.8 Å². The average molecular weight is 497 g/mol. The number of halogens is 3. The molecule has 0 aromatic heterocycles. The monoisotopic (exact) mass is 495 g/mol. The predicted molar refractivity (Wildman–Crippen MR) is 118 cm³/mol. The first-order valence-corrected chi connectivity index (χ1v) is 11.4. The third kappa shape index (κ3) is 5.16. The summed E-state index contributed by atoms with van der Waals surface area (Å²) in [5.74, 6) is -1.30. The van der Waals surface area contributed by atoms with Gasteiger partial charge in [-0.2, -0.15) is 0 Å².